The molecule has 0 aliphatic rings. The van der Waals surface area contributed by atoms with Gasteiger partial charge in [0.2, 0.25) is 0 Å². The highest BCUT2D eigenvalue weighted by Gasteiger charge is 2.20. The van der Waals surface area contributed by atoms with Gasteiger partial charge in [0.05, 0.1) is 11.4 Å². The zero-order valence-corrected chi connectivity index (χ0v) is 13.8. The van der Waals surface area contributed by atoms with Gasteiger partial charge in [0.1, 0.15) is 23.0 Å². The van der Waals surface area contributed by atoms with Crippen LogP contribution in [0.5, 0.6) is 0 Å². The SMILES string of the molecule is CC(C)c1cc(C(=O)Nc2c(F)cccc2F)n(-c2ccccc2)n1. The number of benzene rings is 2. The van der Waals surface area contributed by atoms with Gasteiger partial charge in [0.25, 0.3) is 5.91 Å². The minimum atomic E-state index is -0.830. The summed E-state index contributed by atoms with van der Waals surface area (Å²) >= 11 is 0. The van der Waals surface area contributed by atoms with Gasteiger partial charge in [-0.15, -0.1) is 0 Å². The van der Waals surface area contributed by atoms with Crippen LogP contribution in [0.4, 0.5) is 14.5 Å². The zero-order valence-electron chi connectivity index (χ0n) is 13.8. The first-order valence-corrected chi connectivity index (χ1v) is 7.88. The maximum atomic E-state index is 13.8. The molecule has 0 aliphatic heterocycles. The molecule has 128 valence electrons. The van der Waals surface area contributed by atoms with Crippen LogP contribution >= 0.6 is 0 Å². The maximum absolute atomic E-state index is 13.8. The van der Waals surface area contributed by atoms with Crippen molar-refractivity contribution in [2.75, 3.05) is 5.32 Å². The average Bonchev–Trinajstić information content (AvgIpc) is 3.05. The summed E-state index contributed by atoms with van der Waals surface area (Å²) in [7, 11) is 0. The number of hydrogen-bond donors (Lipinski definition) is 1. The third-order valence-corrected chi connectivity index (χ3v) is 3.75. The number of nitrogens with zero attached hydrogens (tertiary/aromatic N) is 2. The van der Waals surface area contributed by atoms with Crippen LogP contribution in [0.15, 0.2) is 54.6 Å². The van der Waals surface area contributed by atoms with Gasteiger partial charge in [-0.2, -0.15) is 5.10 Å². The number of para-hydroxylation sites is 2. The molecule has 0 fully saturated rings. The number of amides is 1. The predicted molar refractivity (Wildman–Crippen MR) is 92.0 cm³/mol. The lowest BCUT2D eigenvalue weighted by Crippen LogP contribution is -2.18. The Labute approximate surface area is 144 Å². The molecule has 1 heterocycles. The second-order valence-electron chi connectivity index (χ2n) is 5.91. The van der Waals surface area contributed by atoms with Gasteiger partial charge in [-0.1, -0.05) is 38.1 Å². The molecule has 0 aliphatic carbocycles. The Morgan fingerprint density at radius 1 is 1.04 bits per heavy atom. The van der Waals surface area contributed by atoms with Crippen molar-refractivity contribution in [2.24, 2.45) is 0 Å². The number of halogens is 2. The highest BCUT2D eigenvalue weighted by molar-refractivity contribution is 6.03. The highest BCUT2D eigenvalue weighted by atomic mass is 19.1. The number of carbonyl (C=O) groups is 1. The first kappa shape index (κ1) is 16.8. The lowest BCUT2D eigenvalue weighted by atomic mass is 10.1. The molecule has 3 aromatic rings. The molecule has 3 rings (SSSR count). The first-order valence-electron chi connectivity index (χ1n) is 7.88. The number of aromatic nitrogens is 2. The van der Waals surface area contributed by atoms with Gasteiger partial charge < -0.3 is 5.32 Å². The average molecular weight is 341 g/mol. The molecule has 2 aromatic carbocycles. The van der Waals surface area contributed by atoms with Gasteiger partial charge >= 0.3 is 0 Å². The van der Waals surface area contributed by atoms with Crippen molar-refractivity contribution < 1.29 is 13.6 Å². The molecule has 25 heavy (non-hydrogen) atoms. The molecule has 0 bridgehead atoms. The number of anilines is 1. The molecule has 6 heteroatoms. The van der Waals surface area contributed by atoms with E-state index in [0.29, 0.717) is 11.4 Å². The van der Waals surface area contributed by atoms with E-state index in [2.05, 4.69) is 10.4 Å². The smallest absolute Gasteiger partial charge is 0.274 e. The number of hydrogen-bond acceptors (Lipinski definition) is 2. The van der Waals surface area contributed by atoms with E-state index in [1.165, 1.54) is 10.7 Å². The summed E-state index contributed by atoms with van der Waals surface area (Å²) in [6, 6.07) is 14.2. The van der Waals surface area contributed by atoms with Crippen molar-refractivity contribution >= 4 is 11.6 Å². The summed E-state index contributed by atoms with van der Waals surface area (Å²) in [5.74, 6) is -2.19. The van der Waals surface area contributed by atoms with Crippen molar-refractivity contribution in [3.63, 3.8) is 0 Å². The molecule has 1 N–H and O–H groups in total. The monoisotopic (exact) mass is 341 g/mol. The summed E-state index contributed by atoms with van der Waals surface area (Å²) in [4.78, 5) is 12.6. The largest absolute Gasteiger partial charge is 0.316 e. The quantitative estimate of drug-likeness (QED) is 0.758. The van der Waals surface area contributed by atoms with E-state index in [1.807, 2.05) is 32.0 Å². The molecule has 0 spiro atoms. The normalized spacial score (nSPS) is 10.9. The molecule has 0 radical (unpaired) electrons. The molecule has 1 amide bonds. The van der Waals surface area contributed by atoms with E-state index in [4.69, 9.17) is 0 Å². The lowest BCUT2D eigenvalue weighted by Gasteiger charge is -2.09. The molecule has 0 unspecified atom stereocenters. The third-order valence-electron chi connectivity index (χ3n) is 3.75. The van der Waals surface area contributed by atoms with E-state index < -0.39 is 23.2 Å². The van der Waals surface area contributed by atoms with Crippen LogP contribution in [0, 0.1) is 11.6 Å². The molecule has 0 atom stereocenters. The van der Waals surface area contributed by atoms with Crippen LogP contribution in [-0.2, 0) is 0 Å². The Morgan fingerprint density at radius 2 is 1.68 bits per heavy atom. The summed E-state index contributed by atoms with van der Waals surface area (Å²) in [5.41, 5.74) is 1.13. The lowest BCUT2D eigenvalue weighted by molar-refractivity contribution is 0.101. The van der Waals surface area contributed by atoms with E-state index in [9.17, 15) is 13.6 Å². The van der Waals surface area contributed by atoms with Crippen LogP contribution in [0.2, 0.25) is 0 Å². The second kappa shape index (κ2) is 6.84. The second-order valence-corrected chi connectivity index (χ2v) is 5.91. The van der Waals surface area contributed by atoms with Crippen molar-refractivity contribution in [2.45, 2.75) is 19.8 Å². The topological polar surface area (TPSA) is 46.9 Å². The minimum absolute atomic E-state index is 0.0988. The Hall–Kier alpha value is -3.02. The van der Waals surface area contributed by atoms with Gasteiger partial charge in [-0.25, -0.2) is 13.5 Å². The Balaban J connectivity index is 2.02. The number of nitrogens with one attached hydrogen (secondary N) is 1. The molecule has 0 saturated heterocycles. The first-order chi connectivity index (χ1) is 12.0. The van der Waals surface area contributed by atoms with E-state index in [-0.39, 0.29) is 11.6 Å². The van der Waals surface area contributed by atoms with E-state index in [1.54, 1.807) is 18.2 Å². The van der Waals surface area contributed by atoms with Gasteiger partial charge in [0.15, 0.2) is 0 Å². The van der Waals surface area contributed by atoms with Crippen molar-refractivity contribution in [1.82, 2.24) is 9.78 Å². The van der Waals surface area contributed by atoms with Crippen molar-refractivity contribution in [1.29, 1.82) is 0 Å². The molecule has 1 aromatic heterocycles. The van der Waals surface area contributed by atoms with Crippen LogP contribution in [0.25, 0.3) is 5.69 Å². The fourth-order valence-corrected chi connectivity index (χ4v) is 2.40. The van der Waals surface area contributed by atoms with E-state index in [0.717, 1.165) is 12.1 Å². The summed E-state index contributed by atoms with van der Waals surface area (Å²) in [6.45, 7) is 3.91. The minimum Gasteiger partial charge on any atom is -0.316 e. The van der Waals surface area contributed by atoms with Crippen LogP contribution in [0.1, 0.15) is 35.9 Å². The fourth-order valence-electron chi connectivity index (χ4n) is 2.40. The highest BCUT2D eigenvalue weighted by Crippen LogP contribution is 2.22. The third kappa shape index (κ3) is 3.42. The summed E-state index contributed by atoms with van der Waals surface area (Å²) in [5, 5.41) is 6.76. The maximum Gasteiger partial charge on any atom is 0.274 e. The van der Waals surface area contributed by atoms with Crippen molar-refractivity contribution in [3.05, 3.63) is 77.6 Å². The van der Waals surface area contributed by atoms with Gasteiger partial charge in [-0.3, -0.25) is 4.79 Å². The van der Waals surface area contributed by atoms with Gasteiger partial charge in [0, 0.05) is 0 Å². The molecule has 4 nitrogen and oxygen atoms in total. The molecule has 0 saturated carbocycles. The van der Waals surface area contributed by atoms with Crippen LogP contribution in [-0.4, -0.2) is 15.7 Å². The fraction of sp³-hybridized carbons (Fsp3) is 0.158. The Kier molecular flexibility index (Phi) is 4.61. The predicted octanol–water partition coefficient (Wildman–Crippen LogP) is 4.53. The van der Waals surface area contributed by atoms with Gasteiger partial charge in [-0.05, 0) is 36.2 Å². The summed E-state index contributed by atoms with van der Waals surface area (Å²) in [6.07, 6.45) is 0. The number of rotatable bonds is 4. The Bertz CT molecular complexity index is 884. The zero-order chi connectivity index (χ0) is 18.0. The van der Waals surface area contributed by atoms with Crippen LogP contribution in [0.3, 0.4) is 0 Å². The number of carbonyl (C=O) groups excluding carboxylic acids is 1. The Morgan fingerprint density at radius 3 is 2.28 bits per heavy atom. The summed E-state index contributed by atoms with van der Waals surface area (Å²) < 4.78 is 29.1. The van der Waals surface area contributed by atoms with E-state index >= 15 is 0 Å². The molecular weight excluding hydrogens is 324 g/mol. The standard InChI is InChI=1S/C19H17F2N3O/c1-12(2)16-11-17(24(23-16)13-7-4-3-5-8-13)19(25)22-18-14(20)9-6-10-15(18)21/h3-12H,1-2H3,(H,22,25). The van der Waals surface area contributed by atoms with Crippen LogP contribution < -0.4 is 5.32 Å². The molecular formula is C19H17F2N3O. The van der Waals surface area contributed by atoms with Crippen molar-refractivity contribution in [3.8, 4) is 5.69 Å².